The summed E-state index contributed by atoms with van der Waals surface area (Å²) in [6.45, 7) is 1.51. The first-order chi connectivity index (χ1) is 9.36. The first-order valence-corrected chi connectivity index (χ1v) is 7.81. The van der Waals surface area contributed by atoms with Crippen LogP contribution in [0.2, 0.25) is 0 Å². The quantitative estimate of drug-likeness (QED) is 0.812. The zero-order valence-corrected chi connectivity index (χ0v) is 11.8. The number of aliphatic hydroxyl groups is 1. The van der Waals surface area contributed by atoms with Gasteiger partial charge in [0.05, 0.1) is 10.6 Å². The molecule has 108 valence electrons. The molecule has 2 rings (SSSR count). The Kier molecular flexibility index (Phi) is 3.92. The number of amides is 1. The zero-order valence-electron chi connectivity index (χ0n) is 11.0. The number of sulfone groups is 1. The van der Waals surface area contributed by atoms with Gasteiger partial charge in [0.15, 0.2) is 15.6 Å². The molecule has 0 unspecified atom stereocenters. The standard InChI is InChI=1S/C13H15NO5S/c1-9(16)10-3-4-11-12(7-10)20(18,19)8-13(17)14(11)5-2-6-15/h3-4,7,15H,2,5-6,8H2,1H3. The van der Waals surface area contributed by atoms with Crippen molar-refractivity contribution in [1.29, 1.82) is 0 Å². The lowest BCUT2D eigenvalue weighted by Crippen LogP contribution is -2.41. The molecule has 1 aliphatic heterocycles. The van der Waals surface area contributed by atoms with Crippen LogP contribution in [0, 0.1) is 0 Å². The van der Waals surface area contributed by atoms with Crippen LogP contribution in [0.5, 0.6) is 0 Å². The highest BCUT2D eigenvalue weighted by atomic mass is 32.2. The van der Waals surface area contributed by atoms with Crippen LogP contribution in [0.3, 0.4) is 0 Å². The van der Waals surface area contributed by atoms with Crippen molar-refractivity contribution in [2.75, 3.05) is 23.8 Å². The highest BCUT2D eigenvalue weighted by Crippen LogP contribution is 2.32. The molecule has 1 amide bonds. The minimum absolute atomic E-state index is 0.00254. The summed E-state index contributed by atoms with van der Waals surface area (Å²) < 4.78 is 24.1. The van der Waals surface area contributed by atoms with E-state index in [0.717, 1.165) is 0 Å². The van der Waals surface area contributed by atoms with Gasteiger partial charge in [0.1, 0.15) is 5.75 Å². The number of anilines is 1. The van der Waals surface area contributed by atoms with Gasteiger partial charge in [-0.25, -0.2) is 8.42 Å². The molecule has 0 bridgehead atoms. The number of hydrogen-bond donors (Lipinski definition) is 1. The Bertz CT molecular complexity index is 665. The second-order valence-electron chi connectivity index (χ2n) is 4.62. The predicted octanol–water partition coefficient (Wildman–Crippen LogP) is 0.392. The third-order valence-electron chi connectivity index (χ3n) is 3.15. The van der Waals surface area contributed by atoms with Crippen molar-refractivity contribution < 1.29 is 23.1 Å². The third-order valence-corrected chi connectivity index (χ3v) is 4.77. The molecule has 0 aromatic heterocycles. The fourth-order valence-electron chi connectivity index (χ4n) is 2.13. The van der Waals surface area contributed by atoms with Gasteiger partial charge in [0, 0.05) is 18.7 Å². The largest absolute Gasteiger partial charge is 0.396 e. The van der Waals surface area contributed by atoms with Gasteiger partial charge in [0.25, 0.3) is 0 Å². The first kappa shape index (κ1) is 14.7. The molecule has 6 nitrogen and oxygen atoms in total. The fraction of sp³-hybridized carbons (Fsp3) is 0.385. The van der Waals surface area contributed by atoms with Gasteiger partial charge in [0.2, 0.25) is 5.91 Å². The normalized spacial score (nSPS) is 16.9. The Morgan fingerprint density at radius 3 is 2.70 bits per heavy atom. The van der Waals surface area contributed by atoms with E-state index in [9.17, 15) is 18.0 Å². The second-order valence-corrected chi connectivity index (χ2v) is 6.58. The molecular weight excluding hydrogens is 282 g/mol. The molecule has 0 aliphatic carbocycles. The van der Waals surface area contributed by atoms with E-state index in [0.29, 0.717) is 12.0 Å². The van der Waals surface area contributed by atoms with Gasteiger partial charge < -0.3 is 10.0 Å². The molecule has 0 spiro atoms. The number of carbonyl (C=O) groups is 2. The van der Waals surface area contributed by atoms with Crippen LogP contribution >= 0.6 is 0 Å². The molecule has 1 aromatic rings. The minimum atomic E-state index is -3.71. The van der Waals surface area contributed by atoms with Gasteiger partial charge in [-0.3, -0.25) is 9.59 Å². The smallest absolute Gasteiger partial charge is 0.242 e. The van der Waals surface area contributed by atoms with Crippen LogP contribution in [-0.2, 0) is 14.6 Å². The number of carbonyl (C=O) groups excluding carboxylic acids is 2. The summed E-state index contributed by atoms with van der Waals surface area (Å²) in [6, 6.07) is 4.28. The average molecular weight is 297 g/mol. The molecule has 7 heteroatoms. The topological polar surface area (TPSA) is 91.8 Å². The van der Waals surface area contributed by atoms with Crippen LogP contribution in [0.1, 0.15) is 23.7 Å². The summed E-state index contributed by atoms with van der Waals surface area (Å²) >= 11 is 0. The summed E-state index contributed by atoms with van der Waals surface area (Å²) in [7, 11) is -3.71. The number of rotatable bonds is 4. The molecule has 0 radical (unpaired) electrons. The number of ketones is 1. The number of nitrogens with zero attached hydrogens (tertiary/aromatic N) is 1. The van der Waals surface area contributed by atoms with Crippen molar-refractivity contribution in [2.24, 2.45) is 0 Å². The Hall–Kier alpha value is -1.73. The van der Waals surface area contributed by atoms with Gasteiger partial charge in [-0.05, 0) is 31.5 Å². The molecule has 0 saturated carbocycles. The Labute approximate surface area is 116 Å². The molecule has 0 saturated heterocycles. The van der Waals surface area contributed by atoms with E-state index in [1.54, 1.807) is 0 Å². The predicted molar refractivity (Wildman–Crippen MR) is 72.6 cm³/mol. The van der Waals surface area contributed by atoms with Crippen molar-refractivity contribution >= 4 is 27.2 Å². The molecule has 20 heavy (non-hydrogen) atoms. The summed E-state index contributed by atoms with van der Waals surface area (Å²) in [5.41, 5.74) is 0.573. The molecule has 0 fully saturated rings. The molecule has 1 aliphatic rings. The highest BCUT2D eigenvalue weighted by molar-refractivity contribution is 7.92. The molecule has 1 N–H and O–H groups in total. The molecular formula is C13H15NO5S. The molecule has 1 heterocycles. The van der Waals surface area contributed by atoms with Crippen LogP contribution < -0.4 is 4.90 Å². The number of benzene rings is 1. The highest BCUT2D eigenvalue weighted by Gasteiger charge is 2.34. The monoisotopic (exact) mass is 297 g/mol. The van der Waals surface area contributed by atoms with Crippen molar-refractivity contribution in [3.8, 4) is 0 Å². The van der Waals surface area contributed by atoms with Gasteiger partial charge in [-0.15, -0.1) is 0 Å². The van der Waals surface area contributed by atoms with E-state index in [-0.39, 0.29) is 29.5 Å². The van der Waals surface area contributed by atoms with Crippen LogP contribution in [-0.4, -0.2) is 44.1 Å². The van der Waals surface area contributed by atoms with Crippen LogP contribution in [0.15, 0.2) is 23.1 Å². The average Bonchev–Trinajstić information content (AvgIpc) is 2.37. The third kappa shape index (κ3) is 2.59. The Morgan fingerprint density at radius 2 is 2.10 bits per heavy atom. The van der Waals surface area contributed by atoms with Gasteiger partial charge in [-0.2, -0.15) is 0 Å². The van der Waals surface area contributed by atoms with Gasteiger partial charge in [-0.1, -0.05) is 0 Å². The lowest BCUT2D eigenvalue weighted by atomic mass is 10.1. The number of hydrogen-bond acceptors (Lipinski definition) is 5. The Morgan fingerprint density at radius 1 is 1.40 bits per heavy atom. The summed E-state index contributed by atoms with van der Waals surface area (Å²) in [5.74, 6) is -1.35. The molecule has 1 aromatic carbocycles. The number of aliphatic hydroxyl groups excluding tert-OH is 1. The van der Waals surface area contributed by atoms with E-state index in [1.165, 1.54) is 30.0 Å². The fourth-order valence-corrected chi connectivity index (χ4v) is 3.57. The van der Waals surface area contributed by atoms with Crippen molar-refractivity contribution in [3.63, 3.8) is 0 Å². The van der Waals surface area contributed by atoms with Crippen LogP contribution in [0.25, 0.3) is 0 Å². The van der Waals surface area contributed by atoms with E-state index in [1.807, 2.05) is 0 Å². The summed E-state index contributed by atoms with van der Waals surface area (Å²) in [5, 5.41) is 8.85. The van der Waals surface area contributed by atoms with Crippen molar-refractivity contribution in [2.45, 2.75) is 18.2 Å². The maximum Gasteiger partial charge on any atom is 0.242 e. The SMILES string of the molecule is CC(=O)c1ccc2c(c1)S(=O)(=O)CC(=O)N2CCCO. The first-order valence-electron chi connectivity index (χ1n) is 6.16. The van der Waals surface area contributed by atoms with E-state index < -0.39 is 21.5 Å². The van der Waals surface area contributed by atoms with Gasteiger partial charge >= 0.3 is 0 Å². The number of fused-ring (bicyclic) bond motifs is 1. The van der Waals surface area contributed by atoms with Crippen molar-refractivity contribution in [1.82, 2.24) is 0 Å². The van der Waals surface area contributed by atoms with E-state index >= 15 is 0 Å². The number of Topliss-reactive ketones (excluding diaryl/α,β-unsaturated/α-hetero) is 1. The van der Waals surface area contributed by atoms with E-state index in [4.69, 9.17) is 5.11 Å². The maximum absolute atomic E-state index is 12.1. The Balaban J connectivity index is 2.55. The van der Waals surface area contributed by atoms with E-state index in [2.05, 4.69) is 0 Å². The second kappa shape index (κ2) is 5.34. The van der Waals surface area contributed by atoms with Crippen LogP contribution in [0.4, 0.5) is 5.69 Å². The van der Waals surface area contributed by atoms with Crippen molar-refractivity contribution in [3.05, 3.63) is 23.8 Å². The summed E-state index contributed by atoms with van der Waals surface area (Å²) in [6.07, 6.45) is 0.361. The lowest BCUT2D eigenvalue weighted by molar-refractivity contribution is -0.116. The summed E-state index contributed by atoms with van der Waals surface area (Å²) in [4.78, 5) is 24.6. The maximum atomic E-state index is 12.1. The lowest BCUT2D eigenvalue weighted by Gasteiger charge is -2.29. The molecule has 0 atom stereocenters. The minimum Gasteiger partial charge on any atom is -0.396 e. The zero-order chi connectivity index (χ0) is 14.9.